The summed E-state index contributed by atoms with van der Waals surface area (Å²) in [6.07, 6.45) is 0. The van der Waals surface area contributed by atoms with Crippen LogP contribution in [0.2, 0.25) is 0 Å². The molecule has 0 aliphatic rings. The van der Waals surface area contributed by atoms with Crippen LogP contribution < -0.4 is 10.5 Å². The molecule has 0 amide bonds. The van der Waals surface area contributed by atoms with Gasteiger partial charge in [0.25, 0.3) is 0 Å². The van der Waals surface area contributed by atoms with Crippen molar-refractivity contribution in [1.29, 1.82) is 0 Å². The summed E-state index contributed by atoms with van der Waals surface area (Å²) in [7, 11) is 1.66. The topological polar surface area (TPSA) is 44.5 Å². The van der Waals surface area contributed by atoms with Crippen LogP contribution in [0.15, 0.2) is 46.9 Å². The zero-order valence-corrected chi connectivity index (χ0v) is 13.0. The quantitative estimate of drug-likeness (QED) is 0.876. The first-order valence-electron chi connectivity index (χ1n) is 6.41. The van der Waals surface area contributed by atoms with Crippen LogP contribution in [-0.2, 0) is 24.5 Å². The lowest BCUT2D eigenvalue weighted by molar-refractivity contribution is 0.106. The van der Waals surface area contributed by atoms with Crippen LogP contribution in [0, 0.1) is 0 Å². The van der Waals surface area contributed by atoms with Gasteiger partial charge in [-0.1, -0.05) is 40.2 Å². The third kappa shape index (κ3) is 4.07. The highest BCUT2D eigenvalue weighted by atomic mass is 79.9. The van der Waals surface area contributed by atoms with Crippen LogP contribution in [0.1, 0.15) is 16.7 Å². The molecule has 20 heavy (non-hydrogen) atoms. The van der Waals surface area contributed by atoms with E-state index in [0.29, 0.717) is 19.8 Å². The average molecular weight is 336 g/mol. The molecule has 0 heterocycles. The summed E-state index contributed by atoms with van der Waals surface area (Å²) in [6, 6.07) is 14.0. The number of rotatable bonds is 6. The summed E-state index contributed by atoms with van der Waals surface area (Å²) >= 11 is 3.54. The van der Waals surface area contributed by atoms with Gasteiger partial charge in [-0.25, -0.2) is 0 Å². The number of hydrogen-bond acceptors (Lipinski definition) is 3. The molecule has 0 aliphatic heterocycles. The normalized spacial score (nSPS) is 10.6. The van der Waals surface area contributed by atoms with Gasteiger partial charge in [0.2, 0.25) is 0 Å². The molecule has 0 unspecified atom stereocenters. The van der Waals surface area contributed by atoms with E-state index in [1.807, 2.05) is 42.5 Å². The van der Waals surface area contributed by atoms with Gasteiger partial charge in [0, 0.05) is 11.0 Å². The first kappa shape index (κ1) is 15.0. The van der Waals surface area contributed by atoms with Crippen molar-refractivity contribution >= 4 is 15.9 Å². The minimum atomic E-state index is 0.545. The first-order chi connectivity index (χ1) is 9.72. The molecule has 2 N–H and O–H groups in total. The predicted octanol–water partition coefficient (Wildman–Crippen LogP) is 3.63. The first-order valence-corrected chi connectivity index (χ1v) is 7.20. The van der Waals surface area contributed by atoms with E-state index in [2.05, 4.69) is 15.9 Å². The Morgan fingerprint density at radius 2 is 1.90 bits per heavy atom. The SMILES string of the molecule is COc1cccc(COCc2ccc(CN)cc2Br)c1. The van der Waals surface area contributed by atoms with E-state index in [4.69, 9.17) is 15.2 Å². The van der Waals surface area contributed by atoms with Crippen molar-refractivity contribution in [3.05, 3.63) is 63.6 Å². The fraction of sp³-hybridized carbons (Fsp3) is 0.250. The summed E-state index contributed by atoms with van der Waals surface area (Å²) in [5.41, 5.74) is 8.93. The Morgan fingerprint density at radius 1 is 1.05 bits per heavy atom. The Morgan fingerprint density at radius 3 is 2.60 bits per heavy atom. The largest absolute Gasteiger partial charge is 0.497 e. The Labute approximate surface area is 127 Å². The number of methoxy groups -OCH3 is 1. The molecule has 4 heteroatoms. The van der Waals surface area contributed by atoms with Crippen molar-refractivity contribution in [2.45, 2.75) is 19.8 Å². The second-order valence-corrected chi connectivity index (χ2v) is 5.33. The number of hydrogen-bond donors (Lipinski definition) is 1. The van der Waals surface area contributed by atoms with Crippen molar-refractivity contribution in [3.8, 4) is 5.75 Å². The highest BCUT2D eigenvalue weighted by Crippen LogP contribution is 2.20. The third-order valence-corrected chi connectivity index (χ3v) is 3.75. The smallest absolute Gasteiger partial charge is 0.119 e. The molecule has 0 fully saturated rings. The molecule has 2 aromatic rings. The Kier molecular flexibility index (Phi) is 5.59. The highest BCUT2D eigenvalue weighted by Gasteiger charge is 2.02. The van der Waals surface area contributed by atoms with Gasteiger partial charge >= 0.3 is 0 Å². The molecule has 0 atom stereocenters. The maximum absolute atomic E-state index is 5.74. The Balaban J connectivity index is 1.92. The van der Waals surface area contributed by atoms with E-state index < -0.39 is 0 Å². The number of halogens is 1. The molecule has 2 rings (SSSR count). The van der Waals surface area contributed by atoms with Gasteiger partial charge in [-0.05, 0) is 34.9 Å². The monoisotopic (exact) mass is 335 g/mol. The van der Waals surface area contributed by atoms with Gasteiger partial charge in [-0.2, -0.15) is 0 Å². The van der Waals surface area contributed by atoms with E-state index in [-0.39, 0.29) is 0 Å². The van der Waals surface area contributed by atoms with Gasteiger partial charge in [-0.15, -0.1) is 0 Å². The van der Waals surface area contributed by atoms with E-state index in [9.17, 15) is 0 Å². The van der Waals surface area contributed by atoms with Crippen LogP contribution in [0.4, 0.5) is 0 Å². The molecule has 0 bridgehead atoms. The zero-order chi connectivity index (χ0) is 14.4. The molecule has 0 aliphatic carbocycles. The molecular weight excluding hydrogens is 318 g/mol. The highest BCUT2D eigenvalue weighted by molar-refractivity contribution is 9.10. The van der Waals surface area contributed by atoms with Crippen LogP contribution in [-0.4, -0.2) is 7.11 Å². The maximum atomic E-state index is 5.74. The summed E-state index contributed by atoms with van der Waals surface area (Å²) in [6.45, 7) is 1.66. The number of nitrogens with two attached hydrogens (primary N) is 1. The van der Waals surface area contributed by atoms with Crippen LogP contribution in [0.5, 0.6) is 5.75 Å². The van der Waals surface area contributed by atoms with E-state index in [1.54, 1.807) is 7.11 Å². The maximum Gasteiger partial charge on any atom is 0.119 e. The molecule has 0 saturated carbocycles. The molecule has 0 saturated heterocycles. The van der Waals surface area contributed by atoms with Crippen LogP contribution >= 0.6 is 15.9 Å². The van der Waals surface area contributed by atoms with Crippen molar-refractivity contribution in [2.75, 3.05) is 7.11 Å². The third-order valence-electron chi connectivity index (χ3n) is 3.01. The van der Waals surface area contributed by atoms with Gasteiger partial charge in [-0.3, -0.25) is 0 Å². The Hall–Kier alpha value is -1.36. The van der Waals surface area contributed by atoms with E-state index >= 15 is 0 Å². The molecule has 0 radical (unpaired) electrons. The second kappa shape index (κ2) is 7.43. The molecule has 0 spiro atoms. The van der Waals surface area contributed by atoms with Gasteiger partial charge in [0.15, 0.2) is 0 Å². The summed E-state index contributed by atoms with van der Waals surface area (Å²) in [4.78, 5) is 0. The van der Waals surface area contributed by atoms with Crippen molar-refractivity contribution in [3.63, 3.8) is 0 Å². The predicted molar refractivity (Wildman–Crippen MR) is 83.5 cm³/mol. The minimum Gasteiger partial charge on any atom is -0.497 e. The second-order valence-electron chi connectivity index (χ2n) is 4.47. The lowest BCUT2D eigenvalue weighted by Gasteiger charge is -2.09. The van der Waals surface area contributed by atoms with Crippen molar-refractivity contribution < 1.29 is 9.47 Å². The van der Waals surface area contributed by atoms with Gasteiger partial charge in [0.05, 0.1) is 20.3 Å². The summed E-state index contributed by atoms with van der Waals surface area (Å²) in [5.74, 6) is 0.847. The van der Waals surface area contributed by atoms with E-state index in [1.165, 1.54) is 0 Å². The number of benzene rings is 2. The van der Waals surface area contributed by atoms with Crippen LogP contribution in [0.3, 0.4) is 0 Å². The molecular formula is C16H18BrNO2. The zero-order valence-electron chi connectivity index (χ0n) is 11.4. The fourth-order valence-electron chi connectivity index (χ4n) is 1.88. The van der Waals surface area contributed by atoms with Crippen molar-refractivity contribution in [2.24, 2.45) is 5.73 Å². The van der Waals surface area contributed by atoms with Gasteiger partial charge in [0.1, 0.15) is 5.75 Å². The van der Waals surface area contributed by atoms with Crippen LogP contribution in [0.25, 0.3) is 0 Å². The molecule has 106 valence electrons. The average Bonchev–Trinajstić information content (AvgIpc) is 2.49. The van der Waals surface area contributed by atoms with Gasteiger partial charge < -0.3 is 15.2 Å². The summed E-state index contributed by atoms with van der Waals surface area (Å²) in [5, 5.41) is 0. The van der Waals surface area contributed by atoms with Crippen molar-refractivity contribution in [1.82, 2.24) is 0 Å². The van der Waals surface area contributed by atoms with E-state index in [0.717, 1.165) is 26.9 Å². The molecule has 2 aromatic carbocycles. The summed E-state index contributed by atoms with van der Waals surface area (Å²) < 4.78 is 12.0. The fourth-order valence-corrected chi connectivity index (χ4v) is 2.42. The minimum absolute atomic E-state index is 0.545. The molecule has 3 nitrogen and oxygen atoms in total. The lowest BCUT2D eigenvalue weighted by Crippen LogP contribution is -1.99. The lowest BCUT2D eigenvalue weighted by atomic mass is 10.1. The Bertz CT molecular complexity index is 572. The number of ether oxygens (including phenoxy) is 2. The standard InChI is InChI=1S/C16H18BrNO2/c1-19-15-4-2-3-13(7-15)10-20-11-14-6-5-12(9-18)8-16(14)17/h2-8H,9-11,18H2,1H3. The molecule has 0 aromatic heterocycles.